The lowest BCUT2D eigenvalue weighted by atomic mass is 10.2. The molecule has 1 aromatic heterocycles. The lowest BCUT2D eigenvalue weighted by Crippen LogP contribution is -2.33. The largest absolute Gasteiger partial charge is 0.380 e. The first-order chi connectivity index (χ1) is 7.85. The van der Waals surface area contributed by atoms with Crippen LogP contribution in [-0.4, -0.2) is 47.7 Å². The van der Waals surface area contributed by atoms with E-state index in [1.165, 1.54) is 0 Å². The van der Waals surface area contributed by atoms with Crippen LogP contribution in [0.3, 0.4) is 0 Å². The number of nitrogens with two attached hydrogens (primary N) is 1. The van der Waals surface area contributed by atoms with Gasteiger partial charge in [-0.25, -0.2) is 9.97 Å². The van der Waals surface area contributed by atoms with Gasteiger partial charge in [0.2, 0.25) is 0 Å². The van der Waals surface area contributed by atoms with Gasteiger partial charge in [0.15, 0.2) is 0 Å². The number of aromatic nitrogens is 2. The van der Waals surface area contributed by atoms with Crippen LogP contribution in [0.2, 0.25) is 0 Å². The lowest BCUT2D eigenvalue weighted by Gasteiger charge is -2.25. The topological polar surface area (TPSA) is 64.3 Å². The molecule has 2 rings (SSSR count). The van der Waals surface area contributed by atoms with Gasteiger partial charge in [-0.05, 0) is 12.5 Å². The van der Waals surface area contributed by atoms with Gasteiger partial charge in [-0.15, -0.1) is 0 Å². The van der Waals surface area contributed by atoms with Crippen LogP contribution >= 0.6 is 0 Å². The second-order valence-corrected chi connectivity index (χ2v) is 4.03. The quantitative estimate of drug-likeness (QED) is 0.788. The summed E-state index contributed by atoms with van der Waals surface area (Å²) >= 11 is 0. The van der Waals surface area contributed by atoms with E-state index in [9.17, 15) is 0 Å². The number of hydrogen-bond donors (Lipinski definition) is 1. The Hall–Kier alpha value is -1.04. The summed E-state index contributed by atoms with van der Waals surface area (Å²) in [7, 11) is 1.76. The SMILES string of the molecule is COC1CCN(C(CN)c2ccncn2)C1. The Morgan fingerprint density at radius 1 is 1.69 bits per heavy atom. The van der Waals surface area contributed by atoms with E-state index in [2.05, 4.69) is 14.9 Å². The van der Waals surface area contributed by atoms with Crippen molar-refractivity contribution < 1.29 is 4.74 Å². The minimum absolute atomic E-state index is 0.183. The van der Waals surface area contributed by atoms with Gasteiger partial charge in [0.25, 0.3) is 0 Å². The van der Waals surface area contributed by atoms with Crippen molar-refractivity contribution in [2.75, 3.05) is 26.7 Å². The van der Waals surface area contributed by atoms with Gasteiger partial charge >= 0.3 is 0 Å². The van der Waals surface area contributed by atoms with E-state index in [1.54, 1.807) is 19.6 Å². The third kappa shape index (κ3) is 2.37. The fraction of sp³-hybridized carbons (Fsp3) is 0.636. The van der Waals surface area contributed by atoms with Crippen molar-refractivity contribution in [3.05, 3.63) is 24.3 Å². The predicted octanol–water partition coefficient (Wildman–Crippen LogP) is 0.197. The Morgan fingerprint density at radius 2 is 2.56 bits per heavy atom. The molecule has 2 atom stereocenters. The van der Waals surface area contributed by atoms with Crippen molar-refractivity contribution in [3.8, 4) is 0 Å². The Balaban J connectivity index is 2.06. The molecule has 2 heterocycles. The summed E-state index contributed by atoms with van der Waals surface area (Å²) in [5.74, 6) is 0. The average Bonchev–Trinajstić information content (AvgIpc) is 2.80. The Labute approximate surface area is 95.6 Å². The third-order valence-electron chi connectivity index (χ3n) is 3.12. The molecule has 0 saturated carbocycles. The number of likely N-dealkylation sites (tertiary alicyclic amines) is 1. The molecule has 1 aliphatic rings. The zero-order chi connectivity index (χ0) is 11.4. The number of rotatable bonds is 4. The van der Waals surface area contributed by atoms with Crippen molar-refractivity contribution in [2.24, 2.45) is 5.73 Å². The molecule has 1 fully saturated rings. The van der Waals surface area contributed by atoms with Crippen LogP contribution in [0.15, 0.2) is 18.6 Å². The molecule has 1 saturated heterocycles. The molecule has 0 bridgehead atoms. The summed E-state index contributed by atoms with van der Waals surface area (Å²) in [6.45, 7) is 2.53. The summed E-state index contributed by atoms with van der Waals surface area (Å²) < 4.78 is 5.36. The first-order valence-corrected chi connectivity index (χ1v) is 5.58. The van der Waals surface area contributed by atoms with E-state index in [0.717, 1.165) is 25.2 Å². The van der Waals surface area contributed by atoms with Gasteiger partial charge in [0, 0.05) is 32.9 Å². The molecule has 0 aliphatic carbocycles. The second-order valence-electron chi connectivity index (χ2n) is 4.03. The first-order valence-electron chi connectivity index (χ1n) is 5.58. The number of hydrogen-bond acceptors (Lipinski definition) is 5. The molecule has 2 N–H and O–H groups in total. The maximum Gasteiger partial charge on any atom is 0.115 e. The van der Waals surface area contributed by atoms with Crippen molar-refractivity contribution >= 4 is 0 Å². The molecule has 0 spiro atoms. The smallest absolute Gasteiger partial charge is 0.115 e. The van der Waals surface area contributed by atoms with E-state index in [1.807, 2.05) is 6.07 Å². The van der Waals surface area contributed by atoms with Gasteiger partial charge in [-0.3, -0.25) is 4.90 Å². The van der Waals surface area contributed by atoms with Gasteiger partial charge in [-0.1, -0.05) is 0 Å². The molecule has 88 valence electrons. The minimum Gasteiger partial charge on any atom is -0.380 e. The standard InChI is InChI=1S/C11H18N4O/c1-16-9-3-5-15(7-9)11(6-12)10-2-4-13-8-14-10/h2,4,8-9,11H,3,5-7,12H2,1H3. The van der Waals surface area contributed by atoms with Crippen molar-refractivity contribution in [2.45, 2.75) is 18.6 Å². The molecule has 0 aromatic carbocycles. The van der Waals surface area contributed by atoms with Crippen molar-refractivity contribution in [1.82, 2.24) is 14.9 Å². The van der Waals surface area contributed by atoms with Crippen molar-refractivity contribution in [1.29, 1.82) is 0 Å². The highest BCUT2D eigenvalue weighted by molar-refractivity contribution is 5.06. The van der Waals surface area contributed by atoms with Gasteiger partial charge in [0.1, 0.15) is 6.33 Å². The van der Waals surface area contributed by atoms with Crippen molar-refractivity contribution in [3.63, 3.8) is 0 Å². The molecule has 5 heteroatoms. The van der Waals surface area contributed by atoms with Gasteiger partial charge in [-0.2, -0.15) is 0 Å². The molecule has 2 unspecified atom stereocenters. The van der Waals surface area contributed by atoms with Crippen LogP contribution in [0.25, 0.3) is 0 Å². The molecule has 0 radical (unpaired) electrons. The average molecular weight is 222 g/mol. The Morgan fingerprint density at radius 3 is 3.12 bits per heavy atom. The highest BCUT2D eigenvalue weighted by atomic mass is 16.5. The van der Waals surface area contributed by atoms with E-state index in [-0.39, 0.29) is 6.04 Å². The van der Waals surface area contributed by atoms with Crippen LogP contribution in [0.4, 0.5) is 0 Å². The predicted molar refractivity (Wildman–Crippen MR) is 60.8 cm³/mol. The maximum atomic E-state index is 5.83. The van der Waals surface area contributed by atoms with E-state index < -0.39 is 0 Å². The molecule has 5 nitrogen and oxygen atoms in total. The molecule has 0 amide bonds. The second kappa shape index (κ2) is 5.34. The highest BCUT2D eigenvalue weighted by Gasteiger charge is 2.28. The lowest BCUT2D eigenvalue weighted by molar-refractivity contribution is 0.101. The minimum atomic E-state index is 0.183. The maximum absolute atomic E-state index is 5.83. The summed E-state index contributed by atoms with van der Waals surface area (Å²) in [5.41, 5.74) is 6.82. The molecule has 16 heavy (non-hydrogen) atoms. The normalized spacial score (nSPS) is 23.5. The fourth-order valence-corrected chi connectivity index (χ4v) is 2.18. The van der Waals surface area contributed by atoms with Crippen LogP contribution in [0.1, 0.15) is 18.2 Å². The summed E-state index contributed by atoms with van der Waals surface area (Å²) in [4.78, 5) is 10.5. The zero-order valence-corrected chi connectivity index (χ0v) is 9.54. The monoisotopic (exact) mass is 222 g/mol. The summed E-state index contributed by atoms with van der Waals surface area (Å²) in [6.07, 6.45) is 4.73. The molecular weight excluding hydrogens is 204 g/mol. The van der Waals surface area contributed by atoms with Gasteiger partial charge < -0.3 is 10.5 Å². The summed E-state index contributed by atoms with van der Waals surface area (Å²) in [6, 6.07) is 2.11. The number of methoxy groups -OCH3 is 1. The van der Waals surface area contributed by atoms with Gasteiger partial charge in [0.05, 0.1) is 17.8 Å². The van der Waals surface area contributed by atoms with Crippen LogP contribution < -0.4 is 5.73 Å². The number of ether oxygens (including phenoxy) is 1. The van der Waals surface area contributed by atoms with E-state index in [0.29, 0.717) is 12.6 Å². The highest BCUT2D eigenvalue weighted by Crippen LogP contribution is 2.23. The van der Waals surface area contributed by atoms with E-state index in [4.69, 9.17) is 10.5 Å². The van der Waals surface area contributed by atoms with E-state index >= 15 is 0 Å². The Kier molecular flexibility index (Phi) is 3.82. The van der Waals surface area contributed by atoms with Crippen LogP contribution in [0.5, 0.6) is 0 Å². The Bertz CT molecular complexity index is 319. The summed E-state index contributed by atoms with van der Waals surface area (Å²) in [5, 5.41) is 0. The number of nitrogens with zero attached hydrogens (tertiary/aromatic N) is 3. The first kappa shape index (κ1) is 11.4. The molecular formula is C11H18N4O. The third-order valence-corrected chi connectivity index (χ3v) is 3.12. The van der Waals surface area contributed by atoms with Crippen LogP contribution in [-0.2, 0) is 4.74 Å². The molecule has 1 aromatic rings. The van der Waals surface area contributed by atoms with Crippen LogP contribution in [0, 0.1) is 0 Å². The molecule has 1 aliphatic heterocycles. The fourth-order valence-electron chi connectivity index (χ4n) is 2.18. The zero-order valence-electron chi connectivity index (χ0n) is 9.54.